The zero-order chi connectivity index (χ0) is 12.1. The zero-order valence-electron chi connectivity index (χ0n) is 9.88. The van der Waals surface area contributed by atoms with Gasteiger partial charge >= 0.3 is 0 Å². The van der Waals surface area contributed by atoms with Crippen molar-refractivity contribution >= 4 is 5.91 Å². The molecule has 1 aromatic rings. The molecule has 1 atom stereocenters. The molecule has 2 N–H and O–H groups in total. The largest absolute Gasteiger partial charge is 0.339 e. The van der Waals surface area contributed by atoms with Gasteiger partial charge in [0, 0.05) is 25.6 Å². The molecule has 1 heterocycles. The van der Waals surface area contributed by atoms with Crippen molar-refractivity contribution in [1.29, 1.82) is 0 Å². The number of hydrogen-bond acceptors (Lipinski definition) is 2. The fraction of sp³-hybridized carbons (Fsp3) is 0.357. The highest BCUT2D eigenvalue weighted by Gasteiger charge is 2.17. The van der Waals surface area contributed by atoms with Crippen LogP contribution < -0.4 is 5.73 Å². The van der Waals surface area contributed by atoms with Gasteiger partial charge in [-0.15, -0.1) is 0 Å². The molecular formula is C14H18N2O. The summed E-state index contributed by atoms with van der Waals surface area (Å²) in [6.45, 7) is 1.54. The van der Waals surface area contributed by atoms with Crippen LogP contribution in [0.15, 0.2) is 42.5 Å². The monoisotopic (exact) mass is 230 g/mol. The molecule has 1 amide bonds. The highest BCUT2D eigenvalue weighted by Crippen LogP contribution is 2.15. The fourth-order valence-corrected chi connectivity index (χ4v) is 2.00. The summed E-state index contributed by atoms with van der Waals surface area (Å²) in [4.78, 5) is 13.9. The number of carbonyl (C=O) groups excluding carboxylic acids is 1. The van der Waals surface area contributed by atoms with Crippen LogP contribution in [0.2, 0.25) is 0 Å². The second-order valence-electron chi connectivity index (χ2n) is 4.32. The van der Waals surface area contributed by atoms with Gasteiger partial charge in [0.1, 0.15) is 0 Å². The van der Waals surface area contributed by atoms with Crippen molar-refractivity contribution in [3.8, 4) is 0 Å². The van der Waals surface area contributed by atoms with E-state index in [4.69, 9.17) is 5.73 Å². The number of amides is 1. The van der Waals surface area contributed by atoms with E-state index in [0.29, 0.717) is 6.42 Å². The van der Waals surface area contributed by atoms with Gasteiger partial charge in [-0.05, 0) is 12.0 Å². The van der Waals surface area contributed by atoms with Crippen molar-refractivity contribution in [2.24, 2.45) is 5.73 Å². The summed E-state index contributed by atoms with van der Waals surface area (Å²) in [6, 6.07) is 9.58. The van der Waals surface area contributed by atoms with Crippen molar-refractivity contribution in [3.63, 3.8) is 0 Å². The molecule has 0 bridgehead atoms. The molecule has 3 heteroatoms. The van der Waals surface area contributed by atoms with Gasteiger partial charge in [-0.3, -0.25) is 4.79 Å². The minimum absolute atomic E-state index is 0.144. The number of nitrogens with zero attached hydrogens (tertiary/aromatic N) is 1. The SMILES string of the molecule is NC(CC(=O)N1CC=CCC1)c1ccccc1. The average molecular weight is 230 g/mol. The van der Waals surface area contributed by atoms with Crippen LogP contribution in [-0.4, -0.2) is 23.9 Å². The normalized spacial score (nSPS) is 16.9. The third-order valence-electron chi connectivity index (χ3n) is 3.03. The van der Waals surface area contributed by atoms with Crippen LogP contribution in [0.4, 0.5) is 0 Å². The summed E-state index contributed by atoms with van der Waals surface area (Å²) in [7, 11) is 0. The van der Waals surface area contributed by atoms with E-state index in [2.05, 4.69) is 6.08 Å². The van der Waals surface area contributed by atoms with Gasteiger partial charge in [-0.2, -0.15) is 0 Å². The molecule has 90 valence electrons. The number of rotatable bonds is 3. The van der Waals surface area contributed by atoms with Crippen molar-refractivity contribution < 1.29 is 4.79 Å². The molecule has 1 unspecified atom stereocenters. The Morgan fingerprint density at radius 2 is 2.06 bits per heavy atom. The summed E-state index contributed by atoms with van der Waals surface area (Å²) in [5, 5.41) is 0. The Kier molecular flexibility index (Phi) is 3.94. The molecule has 0 radical (unpaired) electrons. The van der Waals surface area contributed by atoms with Gasteiger partial charge in [0.25, 0.3) is 0 Å². The second kappa shape index (κ2) is 5.64. The molecule has 3 nitrogen and oxygen atoms in total. The first-order chi connectivity index (χ1) is 8.27. The molecule has 1 aliphatic rings. The lowest BCUT2D eigenvalue weighted by atomic mass is 10.0. The lowest BCUT2D eigenvalue weighted by molar-refractivity contribution is -0.131. The smallest absolute Gasteiger partial charge is 0.224 e. The maximum atomic E-state index is 12.0. The van der Waals surface area contributed by atoms with Gasteiger partial charge < -0.3 is 10.6 Å². The Balaban J connectivity index is 1.92. The van der Waals surface area contributed by atoms with E-state index in [9.17, 15) is 4.79 Å². The number of benzene rings is 1. The lowest BCUT2D eigenvalue weighted by Crippen LogP contribution is -2.35. The quantitative estimate of drug-likeness (QED) is 0.806. The molecule has 0 saturated carbocycles. The first-order valence-electron chi connectivity index (χ1n) is 6.00. The molecule has 1 aliphatic heterocycles. The predicted molar refractivity (Wildman–Crippen MR) is 68.3 cm³/mol. The van der Waals surface area contributed by atoms with Crippen molar-refractivity contribution in [3.05, 3.63) is 48.0 Å². The van der Waals surface area contributed by atoms with Crippen LogP contribution in [0.3, 0.4) is 0 Å². The highest BCUT2D eigenvalue weighted by molar-refractivity contribution is 5.77. The van der Waals surface area contributed by atoms with Crippen LogP contribution in [0.25, 0.3) is 0 Å². The van der Waals surface area contributed by atoms with Gasteiger partial charge in [0.2, 0.25) is 5.91 Å². The molecule has 0 aliphatic carbocycles. The third kappa shape index (κ3) is 3.17. The van der Waals surface area contributed by atoms with Crippen molar-refractivity contribution in [1.82, 2.24) is 4.90 Å². The first-order valence-corrected chi connectivity index (χ1v) is 6.00. The van der Waals surface area contributed by atoms with Crippen LogP contribution in [0.5, 0.6) is 0 Å². The van der Waals surface area contributed by atoms with E-state index >= 15 is 0 Å². The number of carbonyl (C=O) groups is 1. The molecule has 0 spiro atoms. The van der Waals surface area contributed by atoms with Crippen LogP contribution in [-0.2, 0) is 4.79 Å². The second-order valence-corrected chi connectivity index (χ2v) is 4.32. The highest BCUT2D eigenvalue weighted by atomic mass is 16.2. The van der Waals surface area contributed by atoms with Crippen molar-refractivity contribution in [2.45, 2.75) is 18.9 Å². The average Bonchev–Trinajstić information content (AvgIpc) is 2.40. The van der Waals surface area contributed by atoms with Crippen LogP contribution in [0, 0.1) is 0 Å². The predicted octanol–water partition coefficient (Wildman–Crippen LogP) is 1.86. The topological polar surface area (TPSA) is 46.3 Å². The molecule has 0 saturated heterocycles. The van der Waals surface area contributed by atoms with Crippen molar-refractivity contribution in [2.75, 3.05) is 13.1 Å². The van der Waals surface area contributed by atoms with E-state index in [1.165, 1.54) is 0 Å². The zero-order valence-corrected chi connectivity index (χ0v) is 9.88. The number of nitrogens with two attached hydrogens (primary N) is 1. The number of hydrogen-bond donors (Lipinski definition) is 1. The third-order valence-corrected chi connectivity index (χ3v) is 3.03. The Morgan fingerprint density at radius 3 is 2.71 bits per heavy atom. The molecule has 1 aromatic carbocycles. The Hall–Kier alpha value is -1.61. The molecule has 0 aromatic heterocycles. The van der Waals surface area contributed by atoms with Gasteiger partial charge in [-0.25, -0.2) is 0 Å². The molecular weight excluding hydrogens is 212 g/mol. The Bertz CT molecular complexity index is 400. The summed E-state index contributed by atoms with van der Waals surface area (Å²) >= 11 is 0. The van der Waals surface area contributed by atoms with Crippen LogP contribution >= 0.6 is 0 Å². The first kappa shape index (κ1) is 11.9. The summed E-state index contributed by atoms with van der Waals surface area (Å²) < 4.78 is 0. The standard InChI is InChI=1S/C14H18N2O/c15-13(12-7-3-1-4-8-12)11-14(17)16-9-5-2-6-10-16/h1-5,7-8,13H,6,9-11,15H2. The summed E-state index contributed by atoms with van der Waals surface area (Å²) in [5.41, 5.74) is 7.06. The minimum atomic E-state index is -0.199. The van der Waals surface area contributed by atoms with Crippen LogP contribution in [0.1, 0.15) is 24.4 Å². The summed E-state index contributed by atoms with van der Waals surface area (Å²) in [6.07, 6.45) is 5.49. The summed E-state index contributed by atoms with van der Waals surface area (Å²) in [5.74, 6) is 0.144. The van der Waals surface area contributed by atoms with Gasteiger partial charge in [0.15, 0.2) is 0 Å². The molecule has 17 heavy (non-hydrogen) atoms. The van der Waals surface area contributed by atoms with Gasteiger partial charge in [-0.1, -0.05) is 42.5 Å². The fourth-order valence-electron chi connectivity index (χ4n) is 2.00. The van der Waals surface area contributed by atoms with E-state index < -0.39 is 0 Å². The van der Waals surface area contributed by atoms with E-state index in [-0.39, 0.29) is 11.9 Å². The molecule has 2 rings (SSSR count). The Morgan fingerprint density at radius 1 is 1.29 bits per heavy atom. The minimum Gasteiger partial charge on any atom is -0.339 e. The lowest BCUT2D eigenvalue weighted by Gasteiger charge is -2.24. The maximum Gasteiger partial charge on any atom is 0.224 e. The molecule has 0 fully saturated rings. The van der Waals surface area contributed by atoms with Gasteiger partial charge in [0.05, 0.1) is 0 Å². The van der Waals surface area contributed by atoms with E-state index in [1.54, 1.807) is 0 Å². The van der Waals surface area contributed by atoms with E-state index in [1.807, 2.05) is 41.3 Å². The maximum absolute atomic E-state index is 12.0. The Labute approximate surface area is 102 Å². The van der Waals surface area contributed by atoms with E-state index in [0.717, 1.165) is 25.1 Å².